The molecule has 0 amide bonds. The Hall–Kier alpha value is -1.32. The summed E-state index contributed by atoms with van der Waals surface area (Å²) in [5.74, 6) is 1.01. The van der Waals surface area contributed by atoms with Gasteiger partial charge in [0.25, 0.3) is 0 Å². The Labute approximate surface area is 118 Å². The number of benzene rings is 1. The molecule has 100 valence electrons. The van der Waals surface area contributed by atoms with E-state index in [1.807, 2.05) is 7.05 Å². The standard InChI is InChI=1S/C16H19NOS/c1-17-16(9-12-7-8-19-11-12)13-3-2-4-15(10-13)18-14-5-6-14/h2-4,7-8,10-11,14,16-17H,5-6,9H2,1H3. The number of likely N-dealkylation sites (N-methyl/N-ethyl adjacent to an activating group) is 1. The van der Waals surface area contributed by atoms with Crippen LogP contribution in [0.1, 0.15) is 30.0 Å². The first kappa shape index (κ1) is 12.7. The van der Waals surface area contributed by atoms with E-state index in [0.717, 1.165) is 12.2 Å². The van der Waals surface area contributed by atoms with Crippen molar-refractivity contribution in [1.82, 2.24) is 5.32 Å². The van der Waals surface area contributed by atoms with E-state index in [2.05, 4.69) is 46.4 Å². The zero-order chi connectivity index (χ0) is 13.1. The van der Waals surface area contributed by atoms with Crippen LogP contribution in [0.5, 0.6) is 5.75 Å². The molecule has 2 nitrogen and oxygen atoms in total. The number of hydrogen-bond donors (Lipinski definition) is 1. The van der Waals surface area contributed by atoms with Crippen molar-refractivity contribution in [2.24, 2.45) is 0 Å². The highest BCUT2D eigenvalue weighted by Gasteiger charge is 2.23. The summed E-state index contributed by atoms with van der Waals surface area (Å²) in [7, 11) is 2.02. The Morgan fingerprint density at radius 2 is 2.26 bits per heavy atom. The first-order chi connectivity index (χ1) is 9.35. The van der Waals surface area contributed by atoms with Crippen LogP contribution in [-0.4, -0.2) is 13.2 Å². The molecule has 1 aromatic heterocycles. The van der Waals surface area contributed by atoms with Crippen LogP contribution in [0, 0.1) is 0 Å². The number of ether oxygens (including phenoxy) is 1. The van der Waals surface area contributed by atoms with Gasteiger partial charge in [-0.25, -0.2) is 0 Å². The molecule has 0 aliphatic heterocycles. The highest BCUT2D eigenvalue weighted by Crippen LogP contribution is 2.29. The third kappa shape index (κ3) is 3.37. The molecule has 2 aromatic rings. The molecule has 0 saturated heterocycles. The van der Waals surface area contributed by atoms with E-state index in [-0.39, 0.29) is 0 Å². The van der Waals surface area contributed by atoms with E-state index in [1.165, 1.54) is 24.0 Å². The SMILES string of the molecule is CNC(Cc1ccsc1)c1cccc(OC2CC2)c1. The summed E-state index contributed by atoms with van der Waals surface area (Å²) in [6.07, 6.45) is 3.89. The van der Waals surface area contributed by atoms with Crippen LogP contribution < -0.4 is 10.1 Å². The molecule has 1 N–H and O–H groups in total. The summed E-state index contributed by atoms with van der Waals surface area (Å²) in [6, 6.07) is 11.0. The molecule has 0 bridgehead atoms. The fourth-order valence-corrected chi connectivity index (χ4v) is 2.90. The van der Waals surface area contributed by atoms with Crippen molar-refractivity contribution >= 4 is 11.3 Å². The maximum absolute atomic E-state index is 5.87. The largest absolute Gasteiger partial charge is 0.490 e. The average Bonchev–Trinajstić information content (AvgIpc) is 3.09. The lowest BCUT2D eigenvalue weighted by atomic mass is 10.0. The van der Waals surface area contributed by atoms with Crippen molar-refractivity contribution in [3.05, 3.63) is 52.2 Å². The van der Waals surface area contributed by atoms with Gasteiger partial charge >= 0.3 is 0 Å². The van der Waals surface area contributed by atoms with E-state index < -0.39 is 0 Å². The molecule has 3 rings (SSSR count). The topological polar surface area (TPSA) is 21.3 Å². The molecule has 1 atom stereocenters. The van der Waals surface area contributed by atoms with Gasteiger partial charge in [-0.1, -0.05) is 12.1 Å². The second-order valence-electron chi connectivity index (χ2n) is 5.07. The van der Waals surface area contributed by atoms with Crippen LogP contribution >= 0.6 is 11.3 Å². The van der Waals surface area contributed by atoms with Crippen molar-refractivity contribution in [1.29, 1.82) is 0 Å². The Kier molecular flexibility index (Phi) is 3.85. The van der Waals surface area contributed by atoms with Gasteiger partial charge in [0.05, 0.1) is 6.10 Å². The fourth-order valence-electron chi connectivity index (χ4n) is 2.21. The number of thiophene rings is 1. The van der Waals surface area contributed by atoms with Gasteiger partial charge in [-0.2, -0.15) is 11.3 Å². The Morgan fingerprint density at radius 3 is 2.95 bits per heavy atom. The Morgan fingerprint density at radius 1 is 1.37 bits per heavy atom. The maximum atomic E-state index is 5.87. The number of nitrogens with one attached hydrogen (secondary N) is 1. The molecule has 19 heavy (non-hydrogen) atoms. The molecule has 0 radical (unpaired) electrons. The molecular weight excluding hydrogens is 254 g/mol. The number of rotatable bonds is 6. The molecule has 1 aliphatic rings. The van der Waals surface area contributed by atoms with E-state index in [4.69, 9.17) is 4.74 Å². The zero-order valence-electron chi connectivity index (χ0n) is 11.1. The van der Waals surface area contributed by atoms with Gasteiger partial charge in [0.15, 0.2) is 0 Å². The third-order valence-electron chi connectivity index (χ3n) is 3.46. The van der Waals surface area contributed by atoms with Gasteiger partial charge in [0.1, 0.15) is 5.75 Å². The summed E-state index contributed by atoms with van der Waals surface area (Å²) < 4.78 is 5.87. The predicted molar refractivity (Wildman–Crippen MR) is 79.9 cm³/mol. The van der Waals surface area contributed by atoms with Crippen molar-refractivity contribution in [3.8, 4) is 5.75 Å². The van der Waals surface area contributed by atoms with Gasteiger partial charge in [-0.3, -0.25) is 0 Å². The van der Waals surface area contributed by atoms with Crippen LogP contribution in [-0.2, 0) is 6.42 Å². The first-order valence-electron chi connectivity index (χ1n) is 6.80. The van der Waals surface area contributed by atoms with E-state index >= 15 is 0 Å². The van der Waals surface area contributed by atoms with Crippen LogP contribution in [0.3, 0.4) is 0 Å². The third-order valence-corrected chi connectivity index (χ3v) is 4.19. The molecule has 1 aliphatic carbocycles. The lowest BCUT2D eigenvalue weighted by molar-refractivity contribution is 0.302. The summed E-state index contributed by atoms with van der Waals surface area (Å²) in [4.78, 5) is 0. The summed E-state index contributed by atoms with van der Waals surface area (Å²) in [6.45, 7) is 0. The minimum absolute atomic E-state index is 0.345. The lowest BCUT2D eigenvalue weighted by Gasteiger charge is -2.17. The monoisotopic (exact) mass is 273 g/mol. The van der Waals surface area contributed by atoms with E-state index in [0.29, 0.717) is 12.1 Å². The zero-order valence-corrected chi connectivity index (χ0v) is 12.0. The Bertz CT molecular complexity index is 519. The van der Waals surface area contributed by atoms with Crippen LogP contribution in [0.15, 0.2) is 41.1 Å². The minimum Gasteiger partial charge on any atom is -0.490 e. The highest BCUT2D eigenvalue weighted by molar-refractivity contribution is 7.07. The highest BCUT2D eigenvalue weighted by atomic mass is 32.1. The average molecular weight is 273 g/mol. The smallest absolute Gasteiger partial charge is 0.120 e. The van der Waals surface area contributed by atoms with Crippen molar-refractivity contribution in [3.63, 3.8) is 0 Å². The van der Waals surface area contributed by atoms with Gasteiger partial charge in [0, 0.05) is 6.04 Å². The summed E-state index contributed by atoms with van der Waals surface area (Å²) >= 11 is 1.75. The minimum atomic E-state index is 0.345. The van der Waals surface area contributed by atoms with Crippen LogP contribution in [0.25, 0.3) is 0 Å². The maximum Gasteiger partial charge on any atom is 0.120 e. The second-order valence-corrected chi connectivity index (χ2v) is 5.85. The number of hydrogen-bond acceptors (Lipinski definition) is 3. The van der Waals surface area contributed by atoms with Gasteiger partial charge < -0.3 is 10.1 Å². The van der Waals surface area contributed by atoms with E-state index in [9.17, 15) is 0 Å². The molecule has 1 fully saturated rings. The molecule has 1 unspecified atom stereocenters. The second kappa shape index (κ2) is 5.76. The molecule has 1 heterocycles. The van der Waals surface area contributed by atoms with Crippen LogP contribution in [0.2, 0.25) is 0 Å². The summed E-state index contributed by atoms with van der Waals surface area (Å²) in [5, 5.41) is 7.75. The molecule has 0 spiro atoms. The van der Waals surface area contributed by atoms with E-state index in [1.54, 1.807) is 11.3 Å². The Balaban J connectivity index is 1.74. The summed E-state index contributed by atoms with van der Waals surface area (Å²) in [5.41, 5.74) is 2.68. The molecule has 1 aromatic carbocycles. The van der Waals surface area contributed by atoms with Gasteiger partial charge in [0.2, 0.25) is 0 Å². The molecule has 3 heteroatoms. The predicted octanol–water partition coefficient (Wildman–Crippen LogP) is 3.79. The first-order valence-corrected chi connectivity index (χ1v) is 7.74. The van der Waals surface area contributed by atoms with Gasteiger partial charge in [-0.05, 0) is 66.4 Å². The van der Waals surface area contributed by atoms with Crippen LogP contribution in [0.4, 0.5) is 0 Å². The lowest BCUT2D eigenvalue weighted by Crippen LogP contribution is -2.18. The molecular formula is C16H19NOS. The van der Waals surface area contributed by atoms with Gasteiger partial charge in [-0.15, -0.1) is 0 Å². The normalized spacial score (nSPS) is 16.3. The van der Waals surface area contributed by atoms with Crippen molar-refractivity contribution in [2.75, 3.05) is 7.05 Å². The van der Waals surface area contributed by atoms with Crippen molar-refractivity contribution in [2.45, 2.75) is 31.4 Å². The quantitative estimate of drug-likeness (QED) is 0.864. The fraction of sp³-hybridized carbons (Fsp3) is 0.375. The van der Waals surface area contributed by atoms with Crippen molar-refractivity contribution < 1.29 is 4.74 Å². The molecule has 1 saturated carbocycles.